The third kappa shape index (κ3) is 5.43. The molecule has 2 N–H and O–H groups in total. The molecule has 9 heteroatoms. The highest BCUT2D eigenvalue weighted by molar-refractivity contribution is 7.91. The topological polar surface area (TPSA) is 95.6 Å². The molecule has 0 spiro atoms. The van der Waals surface area contributed by atoms with Crippen molar-refractivity contribution in [2.24, 2.45) is 0 Å². The van der Waals surface area contributed by atoms with Gasteiger partial charge in [-0.15, -0.1) is 11.3 Å². The lowest BCUT2D eigenvalue weighted by Crippen LogP contribution is -2.45. The Kier molecular flexibility index (Phi) is 7.05. The lowest BCUT2D eigenvalue weighted by molar-refractivity contribution is -0.136. The summed E-state index contributed by atoms with van der Waals surface area (Å²) in [6.45, 7) is 2.65. The van der Waals surface area contributed by atoms with E-state index in [2.05, 4.69) is 10.6 Å². The van der Waals surface area contributed by atoms with Gasteiger partial charge in [0.25, 0.3) is 10.0 Å². The molecule has 1 fully saturated rings. The smallest absolute Gasteiger partial charge is 0.313 e. The van der Waals surface area contributed by atoms with Gasteiger partial charge in [0.2, 0.25) is 0 Å². The quantitative estimate of drug-likeness (QED) is 0.682. The van der Waals surface area contributed by atoms with Crippen molar-refractivity contribution >= 4 is 38.9 Å². The summed E-state index contributed by atoms with van der Waals surface area (Å²) < 4.78 is 27.6. The summed E-state index contributed by atoms with van der Waals surface area (Å²) in [6.07, 6.45) is 2.99. The van der Waals surface area contributed by atoms with Crippen LogP contribution in [0.25, 0.3) is 0 Å². The number of aryl methyl sites for hydroxylation is 1. The summed E-state index contributed by atoms with van der Waals surface area (Å²) in [5.74, 6) is -1.46. The van der Waals surface area contributed by atoms with Gasteiger partial charge in [-0.3, -0.25) is 9.59 Å². The van der Waals surface area contributed by atoms with Crippen molar-refractivity contribution in [2.45, 2.75) is 42.9 Å². The van der Waals surface area contributed by atoms with Gasteiger partial charge in [0, 0.05) is 24.8 Å². The highest BCUT2D eigenvalue weighted by atomic mass is 32.2. The number of sulfonamides is 1. The first kappa shape index (κ1) is 21.5. The average Bonchev–Trinajstić information content (AvgIpc) is 3.26. The molecule has 2 amide bonds. The summed E-state index contributed by atoms with van der Waals surface area (Å²) >= 11 is 1.21. The zero-order chi connectivity index (χ0) is 20.9. The summed E-state index contributed by atoms with van der Waals surface area (Å²) in [4.78, 5) is 24.1. The van der Waals surface area contributed by atoms with Crippen LogP contribution in [-0.2, 0) is 19.6 Å². The minimum atomic E-state index is -3.52. The Morgan fingerprint density at radius 3 is 2.59 bits per heavy atom. The van der Waals surface area contributed by atoms with Crippen LogP contribution in [0.2, 0.25) is 0 Å². The largest absolute Gasteiger partial charge is 0.348 e. The number of amides is 2. The van der Waals surface area contributed by atoms with Crippen LogP contribution < -0.4 is 10.6 Å². The fourth-order valence-electron chi connectivity index (χ4n) is 3.36. The molecule has 1 aliphatic rings. The summed E-state index contributed by atoms with van der Waals surface area (Å²) in [6, 6.07) is 10.3. The minimum Gasteiger partial charge on any atom is -0.348 e. The van der Waals surface area contributed by atoms with Gasteiger partial charge in [-0.2, -0.15) is 4.31 Å². The standard InChI is InChI=1S/C20H25N3O4S2/c1-15-7-9-16(10-8-15)22-20(25)19(24)21-12-11-17-5-2-3-13-23(17)29(26,27)18-6-4-14-28-18/h4,6-10,14,17H,2-3,5,11-13H2,1H3,(H,21,24)(H,22,25)/t17-/m0/s1. The van der Waals surface area contributed by atoms with E-state index in [1.165, 1.54) is 11.3 Å². The van der Waals surface area contributed by atoms with E-state index in [1.54, 1.807) is 34.0 Å². The second-order valence-corrected chi connectivity index (χ2v) is 10.1. The molecule has 1 aromatic carbocycles. The normalized spacial score (nSPS) is 17.6. The van der Waals surface area contributed by atoms with Crippen LogP contribution in [0.3, 0.4) is 0 Å². The van der Waals surface area contributed by atoms with Crippen molar-refractivity contribution < 1.29 is 18.0 Å². The Labute approximate surface area is 175 Å². The van der Waals surface area contributed by atoms with Gasteiger partial charge < -0.3 is 10.6 Å². The zero-order valence-corrected chi connectivity index (χ0v) is 17.9. The van der Waals surface area contributed by atoms with Crippen LogP contribution >= 0.6 is 11.3 Å². The van der Waals surface area contributed by atoms with E-state index in [-0.39, 0.29) is 12.6 Å². The van der Waals surface area contributed by atoms with E-state index in [4.69, 9.17) is 0 Å². The molecule has 0 unspecified atom stereocenters. The lowest BCUT2D eigenvalue weighted by Gasteiger charge is -2.34. The number of thiophene rings is 1. The van der Waals surface area contributed by atoms with E-state index in [0.717, 1.165) is 24.8 Å². The Hall–Kier alpha value is -2.23. The van der Waals surface area contributed by atoms with Gasteiger partial charge >= 0.3 is 11.8 Å². The second-order valence-electron chi connectivity index (χ2n) is 7.06. The first-order valence-electron chi connectivity index (χ1n) is 9.59. The van der Waals surface area contributed by atoms with Crippen molar-refractivity contribution in [1.29, 1.82) is 0 Å². The molecule has 29 heavy (non-hydrogen) atoms. The van der Waals surface area contributed by atoms with Gasteiger partial charge in [0.05, 0.1) is 0 Å². The van der Waals surface area contributed by atoms with Crippen molar-refractivity contribution in [3.8, 4) is 0 Å². The first-order chi connectivity index (χ1) is 13.9. The summed E-state index contributed by atoms with van der Waals surface area (Å²) in [5, 5.41) is 6.90. The highest BCUT2D eigenvalue weighted by Gasteiger charge is 2.33. The minimum absolute atomic E-state index is 0.184. The molecular formula is C20H25N3O4S2. The summed E-state index contributed by atoms with van der Waals surface area (Å²) in [7, 11) is -3.52. The fourth-order valence-corrected chi connectivity index (χ4v) is 6.21. The number of nitrogens with zero attached hydrogens (tertiary/aromatic N) is 1. The number of hydrogen-bond acceptors (Lipinski definition) is 5. The number of carbonyl (C=O) groups excluding carboxylic acids is 2. The maximum atomic E-state index is 12.9. The molecule has 0 bridgehead atoms. The molecule has 3 rings (SSSR count). The number of hydrogen-bond donors (Lipinski definition) is 2. The van der Waals surface area contributed by atoms with Crippen LogP contribution in [0.4, 0.5) is 5.69 Å². The molecule has 2 aromatic rings. The monoisotopic (exact) mass is 435 g/mol. The van der Waals surface area contributed by atoms with E-state index in [0.29, 0.717) is 22.9 Å². The van der Waals surface area contributed by atoms with E-state index in [1.807, 2.05) is 19.1 Å². The SMILES string of the molecule is Cc1ccc(NC(=O)C(=O)NCC[C@@H]2CCCCN2S(=O)(=O)c2cccs2)cc1. The summed E-state index contributed by atoms with van der Waals surface area (Å²) in [5.41, 5.74) is 1.61. The predicted octanol–water partition coefficient (Wildman–Crippen LogP) is 2.74. The van der Waals surface area contributed by atoms with Crippen molar-refractivity contribution in [2.75, 3.05) is 18.4 Å². The Morgan fingerprint density at radius 1 is 1.14 bits per heavy atom. The van der Waals surface area contributed by atoms with Crippen molar-refractivity contribution in [1.82, 2.24) is 9.62 Å². The van der Waals surface area contributed by atoms with Gasteiger partial charge in [0.15, 0.2) is 0 Å². The van der Waals surface area contributed by atoms with Gasteiger partial charge in [0.1, 0.15) is 4.21 Å². The van der Waals surface area contributed by atoms with E-state index >= 15 is 0 Å². The first-order valence-corrected chi connectivity index (χ1v) is 11.9. The maximum Gasteiger partial charge on any atom is 0.313 e. The van der Waals surface area contributed by atoms with Gasteiger partial charge in [-0.1, -0.05) is 30.2 Å². The Bertz CT molecular complexity index is 941. The van der Waals surface area contributed by atoms with Crippen LogP contribution in [0.5, 0.6) is 0 Å². The van der Waals surface area contributed by atoms with Gasteiger partial charge in [-0.05, 0) is 49.8 Å². The molecule has 1 atom stereocenters. The molecule has 2 heterocycles. The number of rotatable bonds is 6. The van der Waals surface area contributed by atoms with Crippen LogP contribution in [0.15, 0.2) is 46.0 Å². The van der Waals surface area contributed by atoms with E-state index in [9.17, 15) is 18.0 Å². The van der Waals surface area contributed by atoms with Crippen molar-refractivity contribution in [3.63, 3.8) is 0 Å². The number of nitrogens with one attached hydrogen (secondary N) is 2. The Morgan fingerprint density at radius 2 is 1.90 bits per heavy atom. The highest BCUT2D eigenvalue weighted by Crippen LogP contribution is 2.29. The van der Waals surface area contributed by atoms with E-state index < -0.39 is 21.8 Å². The molecule has 1 aliphatic heterocycles. The van der Waals surface area contributed by atoms with Crippen LogP contribution in [0, 0.1) is 6.92 Å². The molecule has 1 saturated heterocycles. The van der Waals surface area contributed by atoms with Crippen LogP contribution in [-0.4, -0.2) is 43.7 Å². The number of benzene rings is 1. The molecule has 7 nitrogen and oxygen atoms in total. The predicted molar refractivity (Wildman–Crippen MR) is 113 cm³/mol. The Balaban J connectivity index is 1.53. The third-order valence-electron chi connectivity index (χ3n) is 4.91. The average molecular weight is 436 g/mol. The molecule has 0 radical (unpaired) electrons. The molecule has 0 aliphatic carbocycles. The molecule has 1 aromatic heterocycles. The van der Waals surface area contributed by atoms with Crippen molar-refractivity contribution in [3.05, 3.63) is 47.3 Å². The zero-order valence-electron chi connectivity index (χ0n) is 16.3. The van der Waals surface area contributed by atoms with Gasteiger partial charge in [-0.25, -0.2) is 8.42 Å². The lowest BCUT2D eigenvalue weighted by atomic mass is 10.0. The molecule has 0 saturated carbocycles. The number of carbonyl (C=O) groups is 2. The molecule has 156 valence electrons. The maximum absolute atomic E-state index is 12.9. The third-order valence-corrected chi connectivity index (χ3v) is 8.23. The fraction of sp³-hybridized carbons (Fsp3) is 0.400. The number of piperidine rings is 1. The second kappa shape index (κ2) is 9.51. The van der Waals surface area contributed by atoms with Crippen LogP contribution in [0.1, 0.15) is 31.2 Å². The number of anilines is 1. The molecular weight excluding hydrogens is 410 g/mol.